The molecular weight excluding hydrogens is 484 g/mol. The normalized spacial score (nSPS) is 11.2. The second-order valence-electron chi connectivity index (χ2n) is 10.5. The largest absolute Gasteiger partial charge is 0.264 e. The highest BCUT2D eigenvalue weighted by atomic mass is 14.7. The van der Waals surface area contributed by atoms with Gasteiger partial charge in [0.05, 0.1) is 5.69 Å². The molecule has 0 radical (unpaired) electrons. The second-order valence-corrected chi connectivity index (χ2v) is 10.5. The zero-order chi connectivity index (χ0) is 27.1. The van der Waals surface area contributed by atoms with Gasteiger partial charge >= 0.3 is 0 Å². The Kier molecular flexibility index (Phi) is 5.94. The summed E-state index contributed by atoms with van der Waals surface area (Å²) >= 11 is 0. The third-order valence-corrected chi connectivity index (χ3v) is 7.67. The smallest absolute Gasteiger partial charge is 0.0702 e. The van der Waals surface area contributed by atoms with Crippen LogP contribution in [-0.2, 0) is 0 Å². The molecule has 7 rings (SSSR count). The Labute approximate surface area is 234 Å². The van der Waals surface area contributed by atoms with Crippen molar-refractivity contribution in [3.63, 3.8) is 0 Å². The monoisotopic (exact) mass is 512 g/mol. The van der Waals surface area contributed by atoms with E-state index < -0.39 is 0 Å². The number of pyridine rings is 2. The lowest BCUT2D eigenvalue weighted by atomic mass is 9.85. The number of aromatic nitrogens is 2. The first kappa shape index (κ1) is 24.0. The molecule has 40 heavy (non-hydrogen) atoms. The molecule has 0 aliphatic carbocycles. The molecule has 0 unspecified atom stereocenters. The van der Waals surface area contributed by atoms with Crippen LogP contribution < -0.4 is 0 Å². The summed E-state index contributed by atoms with van der Waals surface area (Å²) in [5, 5.41) is 4.99. The van der Waals surface area contributed by atoms with E-state index in [9.17, 15) is 0 Å². The van der Waals surface area contributed by atoms with E-state index in [4.69, 9.17) is 4.98 Å². The Morgan fingerprint density at radius 1 is 0.400 bits per heavy atom. The Balaban J connectivity index is 1.44. The molecule has 0 amide bonds. The number of fused-ring (bicyclic) bond motifs is 2. The first-order chi connectivity index (χ1) is 19.7. The van der Waals surface area contributed by atoms with Gasteiger partial charge in [0.1, 0.15) is 0 Å². The molecule has 7 aromatic rings. The average molecular weight is 513 g/mol. The van der Waals surface area contributed by atoms with Gasteiger partial charge in [-0.2, -0.15) is 0 Å². The third kappa shape index (κ3) is 4.24. The molecule has 0 aliphatic heterocycles. The van der Waals surface area contributed by atoms with Gasteiger partial charge in [0, 0.05) is 29.7 Å². The molecule has 2 nitrogen and oxygen atoms in total. The number of hydrogen-bond donors (Lipinski definition) is 0. The average Bonchev–Trinajstić information content (AvgIpc) is 3.00. The van der Waals surface area contributed by atoms with Crippen LogP contribution in [0.15, 0.2) is 134 Å². The van der Waals surface area contributed by atoms with Crippen molar-refractivity contribution in [3.05, 3.63) is 145 Å². The molecule has 2 heterocycles. The van der Waals surface area contributed by atoms with Gasteiger partial charge in [-0.3, -0.25) is 9.97 Å². The predicted octanol–water partition coefficient (Wildman–Crippen LogP) is 10.1. The maximum atomic E-state index is 4.69. The lowest BCUT2D eigenvalue weighted by Gasteiger charge is -2.18. The highest BCUT2D eigenvalue weighted by Gasteiger charge is 2.17. The molecule has 5 aromatic carbocycles. The number of benzene rings is 5. The molecule has 0 aliphatic rings. The van der Waals surface area contributed by atoms with Gasteiger partial charge in [-0.05, 0) is 92.5 Å². The molecule has 190 valence electrons. The van der Waals surface area contributed by atoms with Gasteiger partial charge in [0.2, 0.25) is 0 Å². The topological polar surface area (TPSA) is 25.8 Å². The summed E-state index contributed by atoms with van der Waals surface area (Å²) in [6.45, 7) is 4.15. The zero-order valence-electron chi connectivity index (χ0n) is 22.6. The maximum Gasteiger partial charge on any atom is 0.0702 e. The van der Waals surface area contributed by atoms with Crippen LogP contribution >= 0.6 is 0 Å². The lowest BCUT2D eigenvalue weighted by Crippen LogP contribution is -1.92. The summed E-state index contributed by atoms with van der Waals surface area (Å²) < 4.78 is 0. The quantitative estimate of drug-likeness (QED) is 0.219. The molecule has 0 bridgehead atoms. The fraction of sp³-hybridized carbons (Fsp3) is 0.0526. The van der Waals surface area contributed by atoms with Crippen LogP contribution in [0.1, 0.15) is 11.1 Å². The number of aryl methyl sites for hydroxylation is 2. The van der Waals surface area contributed by atoms with Crippen molar-refractivity contribution >= 4 is 21.5 Å². The fourth-order valence-corrected chi connectivity index (χ4v) is 5.77. The standard InChI is InChI=1S/C38H28N2/c1-25-14-19-36(40-23-25)29-8-7-9-30(21-29)38-34-12-5-3-10-32(34)37(33-11-4-6-13-35(33)38)28-17-15-27(16-18-28)31-20-26(2)22-39-24-31/h3-24H,1-2H3. The minimum atomic E-state index is 0.988. The number of nitrogens with zero attached hydrogens (tertiary/aromatic N) is 2. The molecular formula is C38H28N2. The molecule has 0 saturated carbocycles. The van der Waals surface area contributed by atoms with Crippen molar-refractivity contribution in [2.75, 3.05) is 0 Å². The fourth-order valence-electron chi connectivity index (χ4n) is 5.77. The van der Waals surface area contributed by atoms with E-state index in [0.29, 0.717) is 0 Å². The van der Waals surface area contributed by atoms with Crippen LogP contribution in [0.3, 0.4) is 0 Å². The van der Waals surface area contributed by atoms with Crippen molar-refractivity contribution in [2.24, 2.45) is 0 Å². The van der Waals surface area contributed by atoms with E-state index in [0.717, 1.165) is 27.9 Å². The van der Waals surface area contributed by atoms with Crippen LogP contribution in [0, 0.1) is 13.8 Å². The van der Waals surface area contributed by atoms with Gasteiger partial charge in [0.25, 0.3) is 0 Å². The summed E-state index contributed by atoms with van der Waals surface area (Å²) in [6.07, 6.45) is 5.76. The van der Waals surface area contributed by atoms with Gasteiger partial charge < -0.3 is 0 Å². The zero-order valence-corrected chi connectivity index (χ0v) is 22.6. The van der Waals surface area contributed by atoms with Gasteiger partial charge in [0.15, 0.2) is 0 Å². The summed E-state index contributed by atoms with van der Waals surface area (Å²) in [6, 6.07) is 41.7. The molecule has 2 aromatic heterocycles. The van der Waals surface area contributed by atoms with Crippen LogP contribution in [0.2, 0.25) is 0 Å². The Morgan fingerprint density at radius 3 is 1.60 bits per heavy atom. The molecule has 0 N–H and O–H groups in total. The Hall–Kier alpha value is -5.08. The van der Waals surface area contributed by atoms with Crippen LogP contribution in [0.25, 0.3) is 66.2 Å². The van der Waals surface area contributed by atoms with Crippen LogP contribution in [-0.4, -0.2) is 9.97 Å². The summed E-state index contributed by atoms with van der Waals surface area (Å²) in [7, 11) is 0. The van der Waals surface area contributed by atoms with E-state index >= 15 is 0 Å². The highest BCUT2D eigenvalue weighted by molar-refractivity contribution is 6.21. The molecule has 0 atom stereocenters. The van der Waals surface area contributed by atoms with Gasteiger partial charge in [-0.15, -0.1) is 0 Å². The first-order valence-corrected chi connectivity index (χ1v) is 13.6. The van der Waals surface area contributed by atoms with Crippen LogP contribution in [0.4, 0.5) is 0 Å². The third-order valence-electron chi connectivity index (χ3n) is 7.67. The molecule has 0 spiro atoms. The molecule has 2 heteroatoms. The van der Waals surface area contributed by atoms with Crippen LogP contribution in [0.5, 0.6) is 0 Å². The van der Waals surface area contributed by atoms with Gasteiger partial charge in [-0.1, -0.05) is 97.1 Å². The Morgan fingerprint density at radius 2 is 1.00 bits per heavy atom. The Bertz CT molecular complexity index is 1950. The van der Waals surface area contributed by atoms with Crippen molar-refractivity contribution in [1.82, 2.24) is 9.97 Å². The van der Waals surface area contributed by atoms with Crippen molar-refractivity contribution in [3.8, 4) is 44.6 Å². The molecule has 0 fully saturated rings. The first-order valence-electron chi connectivity index (χ1n) is 13.6. The predicted molar refractivity (Wildman–Crippen MR) is 168 cm³/mol. The van der Waals surface area contributed by atoms with E-state index in [2.05, 4.69) is 134 Å². The summed E-state index contributed by atoms with van der Waals surface area (Å²) in [5.41, 5.74) is 11.7. The van der Waals surface area contributed by atoms with Gasteiger partial charge in [-0.25, -0.2) is 0 Å². The minimum Gasteiger partial charge on any atom is -0.264 e. The van der Waals surface area contributed by atoms with Crippen molar-refractivity contribution in [2.45, 2.75) is 13.8 Å². The van der Waals surface area contributed by atoms with E-state index in [1.807, 2.05) is 18.6 Å². The SMILES string of the molecule is Cc1ccc(-c2cccc(-c3c4ccccc4c(-c4ccc(-c5cncc(C)c5)cc4)c4ccccc34)c2)nc1. The second kappa shape index (κ2) is 9.91. The van der Waals surface area contributed by atoms with Crippen molar-refractivity contribution in [1.29, 1.82) is 0 Å². The number of hydrogen-bond acceptors (Lipinski definition) is 2. The number of rotatable bonds is 4. The van der Waals surface area contributed by atoms with E-state index in [-0.39, 0.29) is 0 Å². The van der Waals surface area contributed by atoms with E-state index in [1.54, 1.807) is 0 Å². The van der Waals surface area contributed by atoms with E-state index in [1.165, 1.54) is 49.4 Å². The minimum absolute atomic E-state index is 0.988. The summed E-state index contributed by atoms with van der Waals surface area (Å²) in [4.78, 5) is 9.08. The lowest BCUT2D eigenvalue weighted by molar-refractivity contribution is 1.27. The van der Waals surface area contributed by atoms with Crippen molar-refractivity contribution < 1.29 is 0 Å². The molecule has 0 saturated heterocycles. The maximum absolute atomic E-state index is 4.69. The highest BCUT2D eigenvalue weighted by Crippen LogP contribution is 2.44. The summed E-state index contributed by atoms with van der Waals surface area (Å²) in [5.74, 6) is 0.